The number of rotatable bonds is 4. The SMILES string of the molecule is O=C=NC1=C=C=C(Cc2ccc(N=C=O)cc2)C=C1. The van der Waals surface area contributed by atoms with E-state index in [1.807, 2.05) is 18.2 Å². The number of hydrogen-bond acceptors (Lipinski definition) is 4. The van der Waals surface area contributed by atoms with Crippen LogP contribution in [0.2, 0.25) is 0 Å². The van der Waals surface area contributed by atoms with Crippen molar-refractivity contribution in [1.29, 1.82) is 0 Å². The van der Waals surface area contributed by atoms with Crippen LogP contribution in [-0.2, 0) is 16.0 Å². The van der Waals surface area contributed by atoms with Crippen LogP contribution in [-0.4, -0.2) is 12.2 Å². The van der Waals surface area contributed by atoms with E-state index in [1.165, 1.54) is 12.2 Å². The van der Waals surface area contributed by atoms with E-state index < -0.39 is 0 Å². The molecular weight excluding hydrogens is 240 g/mol. The lowest BCUT2D eigenvalue weighted by Gasteiger charge is -2.02. The average molecular weight is 248 g/mol. The second kappa shape index (κ2) is 6.09. The molecule has 0 heterocycles. The third-order valence-corrected chi connectivity index (χ3v) is 2.47. The molecule has 0 amide bonds. The Morgan fingerprint density at radius 3 is 2.26 bits per heavy atom. The minimum Gasteiger partial charge on any atom is -0.211 e. The topological polar surface area (TPSA) is 58.9 Å². The molecule has 4 nitrogen and oxygen atoms in total. The molecule has 1 aliphatic rings. The number of carbonyl (C=O) groups excluding carboxylic acids is 2. The van der Waals surface area contributed by atoms with E-state index in [9.17, 15) is 9.59 Å². The summed E-state index contributed by atoms with van der Waals surface area (Å²) < 4.78 is 0. The maximum absolute atomic E-state index is 10.1. The van der Waals surface area contributed by atoms with Gasteiger partial charge in [-0.3, -0.25) is 0 Å². The van der Waals surface area contributed by atoms with Crippen LogP contribution in [0.25, 0.3) is 0 Å². The summed E-state index contributed by atoms with van der Waals surface area (Å²) in [7, 11) is 0. The van der Waals surface area contributed by atoms with Crippen molar-refractivity contribution in [2.45, 2.75) is 6.42 Å². The van der Waals surface area contributed by atoms with Crippen molar-refractivity contribution in [3.05, 3.63) is 64.7 Å². The predicted octanol–water partition coefficient (Wildman–Crippen LogP) is 2.67. The molecule has 90 valence electrons. The predicted molar refractivity (Wildman–Crippen MR) is 69.2 cm³/mol. The molecule has 0 aromatic heterocycles. The molecule has 0 aliphatic heterocycles. The van der Waals surface area contributed by atoms with Crippen LogP contribution in [0.4, 0.5) is 5.69 Å². The molecule has 0 saturated heterocycles. The fourth-order valence-corrected chi connectivity index (χ4v) is 1.59. The van der Waals surface area contributed by atoms with E-state index in [4.69, 9.17) is 0 Å². The smallest absolute Gasteiger partial charge is 0.211 e. The third kappa shape index (κ3) is 3.49. The van der Waals surface area contributed by atoms with Gasteiger partial charge in [-0.15, -0.1) is 0 Å². The zero-order valence-corrected chi connectivity index (χ0v) is 9.88. The Bertz CT molecular complexity index is 716. The lowest BCUT2D eigenvalue weighted by Crippen LogP contribution is -1.88. The fraction of sp³-hybridized carbons (Fsp3) is 0.0667. The number of benzene rings is 1. The summed E-state index contributed by atoms with van der Waals surface area (Å²) in [4.78, 5) is 27.1. The van der Waals surface area contributed by atoms with Crippen molar-refractivity contribution in [3.8, 4) is 0 Å². The van der Waals surface area contributed by atoms with Gasteiger partial charge in [-0.05, 0) is 35.6 Å². The lowest BCUT2D eigenvalue weighted by atomic mass is 10.0. The van der Waals surface area contributed by atoms with Crippen LogP contribution >= 0.6 is 0 Å². The van der Waals surface area contributed by atoms with Gasteiger partial charge in [0.25, 0.3) is 0 Å². The van der Waals surface area contributed by atoms with Gasteiger partial charge in [0.2, 0.25) is 12.2 Å². The highest BCUT2D eigenvalue weighted by molar-refractivity contribution is 5.49. The maximum Gasteiger partial charge on any atom is 0.241 e. The van der Waals surface area contributed by atoms with E-state index in [-0.39, 0.29) is 0 Å². The summed E-state index contributed by atoms with van der Waals surface area (Å²) in [5.41, 5.74) is 8.66. The highest BCUT2D eigenvalue weighted by Gasteiger charge is 2.00. The van der Waals surface area contributed by atoms with Crippen LogP contribution in [0, 0.1) is 0 Å². The summed E-state index contributed by atoms with van der Waals surface area (Å²) in [6, 6.07) is 7.24. The van der Waals surface area contributed by atoms with Crippen molar-refractivity contribution in [2.24, 2.45) is 9.98 Å². The van der Waals surface area contributed by atoms with Gasteiger partial charge in [-0.2, -0.15) is 9.98 Å². The second-order valence-electron chi connectivity index (χ2n) is 3.74. The summed E-state index contributed by atoms with van der Waals surface area (Å²) in [6.45, 7) is 0. The first kappa shape index (κ1) is 12.5. The first-order valence-electron chi connectivity index (χ1n) is 5.49. The van der Waals surface area contributed by atoms with Gasteiger partial charge >= 0.3 is 0 Å². The number of hydrogen-bond donors (Lipinski definition) is 0. The highest BCUT2D eigenvalue weighted by Crippen LogP contribution is 2.16. The number of nitrogens with zero attached hydrogens (tertiary/aromatic N) is 2. The maximum atomic E-state index is 10.1. The normalized spacial score (nSPS) is 12.0. The Morgan fingerprint density at radius 2 is 1.68 bits per heavy atom. The van der Waals surface area contributed by atoms with Crippen LogP contribution < -0.4 is 0 Å². The molecular formula is C15H8N2O2. The molecule has 1 aromatic carbocycles. The minimum absolute atomic E-state index is 0.411. The first-order chi connectivity index (χ1) is 9.31. The largest absolute Gasteiger partial charge is 0.241 e. The zero-order chi connectivity index (χ0) is 13.5. The van der Waals surface area contributed by atoms with Gasteiger partial charge in [0.15, 0.2) is 0 Å². The first-order valence-corrected chi connectivity index (χ1v) is 5.49. The van der Waals surface area contributed by atoms with Crippen LogP contribution in [0.15, 0.2) is 69.1 Å². The van der Waals surface area contributed by atoms with Crippen molar-refractivity contribution in [3.63, 3.8) is 0 Å². The van der Waals surface area contributed by atoms with Crippen molar-refractivity contribution in [2.75, 3.05) is 0 Å². The molecule has 4 heteroatoms. The molecule has 2 rings (SSSR count). The van der Waals surface area contributed by atoms with Gasteiger partial charge in [0.1, 0.15) is 5.70 Å². The van der Waals surface area contributed by atoms with Crippen LogP contribution in [0.1, 0.15) is 5.56 Å². The van der Waals surface area contributed by atoms with E-state index in [0.29, 0.717) is 17.8 Å². The lowest BCUT2D eigenvalue weighted by molar-refractivity contribution is 0.564. The van der Waals surface area contributed by atoms with Gasteiger partial charge in [-0.1, -0.05) is 17.9 Å². The van der Waals surface area contributed by atoms with Gasteiger partial charge in [-0.25, -0.2) is 9.59 Å². The Balaban J connectivity index is 2.19. The monoisotopic (exact) mass is 248 g/mol. The van der Waals surface area contributed by atoms with Gasteiger partial charge in [0.05, 0.1) is 5.69 Å². The molecule has 0 fully saturated rings. The minimum atomic E-state index is 0.411. The van der Waals surface area contributed by atoms with Crippen molar-refractivity contribution >= 4 is 17.8 Å². The van der Waals surface area contributed by atoms with E-state index >= 15 is 0 Å². The molecule has 1 aliphatic carbocycles. The molecule has 0 spiro atoms. The molecule has 19 heavy (non-hydrogen) atoms. The highest BCUT2D eigenvalue weighted by atomic mass is 16.1. The number of allylic oxidation sites excluding steroid dienone is 3. The summed E-state index contributed by atoms with van der Waals surface area (Å²) >= 11 is 0. The van der Waals surface area contributed by atoms with E-state index in [0.717, 1.165) is 11.1 Å². The average Bonchev–Trinajstić information content (AvgIpc) is 2.44. The summed E-state index contributed by atoms with van der Waals surface area (Å²) in [5, 5.41) is 0. The molecule has 0 bridgehead atoms. The van der Waals surface area contributed by atoms with E-state index in [2.05, 4.69) is 21.4 Å². The summed E-state index contributed by atoms with van der Waals surface area (Å²) in [6.07, 6.45) is 7.13. The van der Waals surface area contributed by atoms with Crippen LogP contribution in [0.3, 0.4) is 0 Å². The molecule has 0 N–H and O–H groups in total. The van der Waals surface area contributed by atoms with Crippen molar-refractivity contribution < 1.29 is 9.59 Å². The molecule has 1 aromatic rings. The Morgan fingerprint density at radius 1 is 0.947 bits per heavy atom. The third-order valence-electron chi connectivity index (χ3n) is 2.47. The molecule has 0 saturated carbocycles. The number of isocyanates is 2. The summed E-state index contributed by atoms with van der Waals surface area (Å²) in [5.74, 6) is 0. The molecule has 0 atom stereocenters. The standard InChI is InChI=1S/C15H8N2O2/c18-10-16-14-5-1-12(2-6-14)9-13-3-7-15(8-4-13)17-11-19/h1-3,5-7H,9H2. The quantitative estimate of drug-likeness (QED) is 0.467. The van der Waals surface area contributed by atoms with Crippen LogP contribution in [0.5, 0.6) is 0 Å². The Kier molecular flexibility index (Phi) is 4.00. The van der Waals surface area contributed by atoms with Gasteiger partial charge in [0, 0.05) is 12.0 Å². The fourth-order valence-electron chi connectivity index (χ4n) is 1.59. The Hall–Kier alpha value is -2.98. The second-order valence-corrected chi connectivity index (χ2v) is 3.74. The van der Waals surface area contributed by atoms with E-state index in [1.54, 1.807) is 18.2 Å². The molecule has 0 radical (unpaired) electrons. The van der Waals surface area contributed by atoms with Gasteiger partial charge < -0.3 is 0 Å². The molecule has 0 unspecified atom stereocenters. The zero-order valence-electron chi connectivity index (χ0n) is 9.88. The van der Waals surface area contributed by atoms with Crippen molar-refractivity contribution in [1.82, 2.24) is 0 Å². The number of aliphatic imine (C=N–C) groups is 2. The Labute approximate surface area is 109 Å².